The van der Waals surface area contributed by atoms with E-state index >= 15 is 0 Å². The normalized spacial score (nSPS) is 12.4. The molecular weight excluding hydrogens is 402 g/mol. The number of carbonyl (C=O) groups is 1. The number of hydrogen-bond donors (Lipinski definition) is 1. The number of aryl methyl sites for hydroxylation is 2. The van der Waals surface area contributed by atoms with E-state index in [1.54, 1.807) is 7.05 Å². The van der Waals surface area contributed by atoms with Gasteiger partial charge < -0.3 is 5.32 Å². The minimum atomic E-state index is -0.404. The number of nitrogens with one attached hydrogen (secondary N) is 1. The summed E-state index contributed by atoms with van der Waals surface area (Å²) in [5, 5.41) is 5.98. The van der Waals surface area contributed by atoms with Crippen LogP contribution in [0, 0.1) is 13.8 Å². The Morgan fingerprint density at radius 2 is 1.90 bits per heavy atom. The van der Waals surface area contributed by atoms with E-state index in [0.29, 0.717) is 10.5 Å². The molecule has 1 N–H and O–H groups in total. The molecule has 29 heavy (non-hydrogen) atoms. The molecule has 0 saturated carbocycles. The molecule has 1 atom stereocenters. The van der Waals surface area contributed by atoms with Crippen molar-refractivity contribution >= 4 is 55.7 Å². The van der Waals surface area contributed by atoms with E-state index in [-0.39, 0.29) is 11.5 Å². The maximum Gasteiger partial charge on any atom is 0.262 e. The van der Waals surface area contributed by atoms with Gasteiger partial charge >= 0.3 is 0 Å². The third kappa shape index (κ3) is 3.68. The van der Waals surface area contributed by atoms with Gasteiger partial charge in [-0.3, -0.25) is 14.2 Å². The van der Waals surface area contributed by atoms with Crippen molar-refractivity contribution in [3.05, 3.63) is 63.3 Å². The smallest absolute Gasteiger partial charge is 0.262 e. The molecule has 0 saturated heterocycles. The average Bonchev–Trinajstić information content (AvgIpc) is 2.99. The fraction of sp³-hybridized carbons (Fsp3) is 0.227. The van der Waals surface area contributed by atoms with E-state index in [1.165, 1.54) is 27.7 Å². The molecule has 0 bridgehead atoms. The third-order valence-corrected chi connectivity index (χ3v) is 7.28. The molecule has 4 aromatic rings. The van der Waals surface area contributed by atoms with Crippen LogP contribution in [-0.2, 0) is 11.8 Å². The lowest BCUT2D eigenvalue weighted by atomic mass is 10.1. The molecular formula is C22H21N3O2S2. The number of fused-ring (bicyclic) bond motifs is 2. The number of thiophene rings is 1. The first-order valence-electron chi connectivity index (χ1n) is 9.28. The molecule has 2 aromatic carbocycles. The van der Waals surface area contributed by atoms with Crippen LogP contribution in [0.5, 0.6) is 0 Å². The van der Waals surface area contributed by atoms with Crippen LogP contribution in [0.3, 0.4) is 0 Å². The van der Waals surface area contributed by atoms with Gasteiger partial charge in [0.1, 0.15) is 4.83 Å². The highest BCUT2D eigenvalue weighted by molar-refractivity contribution is 8.00. The summed E-state index contributed by atoms with van der Waals surface area (Å²) in [5.74, 6) is -0.127. The highest BCUT2D eigenvalue weighted by Gasteiger charge is 2.20. The van der Waals surface area contributed by atoms with Crippen LogP contribution in [0.15, 0.2) is 52.4 Å². The molecule has 1 amide bonds. The van der Waals surface area contributed by atoms with Gasteiger partial charge in [0.15, 0.2) is 5.16 Å². The Bertz CT molecular complexity index is 1310. The highest BCUT2D eigenvalue weighted by atomic mass is 32.2. The Morgan fingerprint density at radius 1 is 1.17 bits per heavy atom. The molecule has 0 fully saturated rings. The number of aromatic nitrogens is 2. The lowest BCUT2D eigenvalue weighted by Crippen LogP contribution is -2.25. The first-order valence-corrected chi connectivity index (χ1v) is 11.0. The standard InChI is InChI=1S/C22H21N3O2S2/c1-12-13(2)28-20-18(12)21(27)25(4)22(24-20)29-14(3)19(26)23-17-10-9-15-7-5-6-8-16(15)11-17/h5-11,14H,1-4H3,(H,23,26). The van der Waals surface area contributed by atoms with Gasteiger partial charge in [-0.05, 0) is 49.2 Å². The quantitative estimate of drug-likeness (QED) is 0.375. The van der Waals surface area contributed by atoms with Crippen molar-refractivity contribution in [2.75, 3.05) is 5.32 Å². The number of rotatable bonds is 4. The van der Waals surface area contributed by atoms with Crippen LogP contribution in [0.1, 0.15) is 17.4 Å². The number of carbonyl (C=O) groups excluding carboxylic acids is 1. The molecule has 4 rings (SSSR count). The molecule has 1 unspecified atom stereocenters. The Morgan fingerprint density at radius 3 is 2.66 bits per heavy atom. The second-order valence-electron chi connectivity index (χ2n) is 7.03. The van der Waals surface area contributed by atoms with Gasteiger partial charge in [-0.15, -0.1) is 11.3 Å². The van der Waals surface area contributed by atoms with Crippen molar-refractivity contribution in [2.24, 2.45) is 7.05 Å². The van der Waals surface area contributed by atoms with Crippen molar-refractivity contribution < 1.29 is 4.79 Å². The van der Waals surface area contributed by atoms with Crippen LogP contribution < -0.4 is 10.9 Å². The number of thioether (sulfide) groups is 1. The van der Waals surface area contributed by atoms with E-state index in [9.17, 15) is 9.59 Å². The topological polar surface area (TPSA) is 64.0 Å². The van der Waals surface area contributed by atoms with E-state index in [4.69, 9.17) is 0 Å². The summed E-state index contributed by atoms with van der Waals surface area (Å²) in [6, 6.07) is 13.9. The molecule has 2 aromatic heterocycles. The predicted molar refractivity (Wildman–Crippen MR) is 122 cm³/mol. The van der Waals surface area contributed by atoms with Crippen LogP contribution in [0.2, 0.25) is 0 Å². The van der Waals surface area contributed by atoms with Crippen LogP contribution in [0.4, 0.5) is 5.69 Å². The molecule has 0 radical (unpaired) electrons. The summed E-state index contributed by atoms with van der Waals surface area (Å²) < 4.78 is 1.53. The van der Waals surface area contributed by atoms with Gasteiger partial charge in [-0.25, -0.2) is 4.98 Å². The number of anilines is 1. The van der Waals surface area contributed by atoms with Gasteiger partial charge in [-0.2, -0.15) is 0 Å². The van der Waals surface area contributed by atoms with E-state index in [0.717, 1.165) is 31.7 Å². The molecule has 0 aliphatic carbocycles. The molecule has 0 aliphatic heterocycles. The number of amides is 1. The molecule has 5 nitrogen and oxygen atoms in total. The van der Waals surface area contributed by atoms with Crippen molar-refractivity contribution in [2.45, 2.75) is 31.2 Å². The summed E-state index contributed by atoms with van der Waals surface area (Å²) in [5.41, 5.74) is 1.67. The zero-order valence-corrected chi connectivity index (χ0v) is 18.3. The van der Waals surface area contributed by atoms with Crippen molar-refractivity contribution in [1.82, 2.24) is 9.55 Å². The summed E-state index contributed by atoms with van der Waals surface area (Å²) >= 11 is 2.81. The zero-order chi connectivity index (χ0) is 20.7. The van der Waals surface area contributed by atoms with Gasteiger partial charge in [0.2, 0.25) is 5.91 Å². The molecule has 148 valence electrons. The fourth-order valence-electron chi connectivity index (χ4n) is 3.18. The van der Waals surface area contributed by atoms with Gasteiger partial charge in [0, 0.05) is 17.6 Å². The Labute approximate surface area is 176 Å². The Balaban J connectivity index is 1.56. The summed E-state index contributed by atoms with van der Waals surface area (Å²) in [6.07, 6.45) is 0. The van der Waals surface area contributed by atoms with E-state index in [1.807, 2.05) is 63.2 Å². The highest BCUT2D eigenvalue weighted by Crippen LogP contribution is 2.29. The second-order valence-corrected chi connectivity index (χ2v) is 9.54. The zero-order valence-electron chi connectivity index (χ0n) is 16.6. The summed E-state index contributed by atoms with van der Waals surface area (Å²) in [4.78, 5) is 32.0. The Kier molecular flexibility index (Phi) is 5.19. The second kappa shape index (κ2) is 7.65. The van der Waals surface area contributed by atoms with Crippen molar-refractivity contribution in [3.63, 3.8) is 0 Å². The SMILES string of the molecule is Cc1sc2nc(SC(C)C(=O)Nc3ccc4ccccc4c3)n(C)c(=O)c2c1C. The average molecular weight is 424 g/mol. The Hall–Kier alpha value is -2.64. The first kappa shape index (κ1) is 19.7. The fourth-order valence-corrected chi connectivity index (χ4v) is 5.13. The lowest BCUT2D eigenvalue weighted by Gasteiger charge is -2.14. The molecule has 0 aliphatic rings. The van der Waals surface area contributed by atoms with Gasteiger partial charge in [0.05, 0.1) is 10.6 Å². The maximum absolute atomic E-state index is 12.8. The number of nitrogens with zero attached hydrogens (tertiary/aromatic N) is 2. The minimum absolute atomic E-state index is 0.0681. The third-order valence-electron chi connectivity index (χ3n) is 5.04. The molecule has 7 heteroatoms. The molecule has 0 spiro atoms. The summed E-state index contributed by atoms with van der Waals surface area (Å²) in [6.45, 7) is 5.76. The largest absolute Gasteiger partial charge is 0.325 e. The monoisotopic (exact) mass is 423 g/mol. The molecule has 2 heterocycles. The van der Waals surface area contributed by atoms with Crippen LogP contribution in [-0.4, -0.2) is 20.7 Å². The first-order chi connectivity index (χ1) is 13.8. The lowest BCUT2D eigenvalue weighted by molar-refractivity contribution is -0.115. The summed E-state index contributed by atoms with van der Waals surface area (Å²) in [7, 11) is 1.71. The van der Waals surface area contributed by atoms with E-state index < -0.39 is 5.25 Å². The van der Waals surface area contributed by atoms with Crippen LogP contribution in [0.25, 0.3) is 21.0 Å². The predicted octanol–water partition coefficient (Wildman–Crippen LogP) is 4.88. The number of hydrogen-bond acceptors (Lipinski definition) is 5. The van der Waals surface area contributed by atoms with Gasteiger partial charge in [0.25, 0.3) is 5.56 Å². The minimum Gasteiger partial charge on any atom is -0.325 e. The van der Waals surface area contributed by atoms with Gasteiger partial charge in [-0.1, -0.05) is 42.1 Å². The van der Waals surface area contributed by atoms with E-state index in [2.05, 4.69) is 10.3 Å². The maximum atomic E-state index is 12.8. The number of benzene rings is 2. The van der Waals surface area contributed by atoms with Crippen molar-refractivity contribution in [3.8, 4) is 0 Å². The van der Waals surface area contributed by atoms with Crippen molar-refractivity contribution in [1.29, 1.82) is 0 Å². The van der Waals surface area contributed by atoms with Crippen LogP contribution >= 0.6 is 23.1 Å².